The van der Waals surface area contributed by atoms with Gasteiger partial charge in [-0.3, -0.25) is 0 Å². The molecule has 3 N–H and O–H groups in total. The zero-order chi connectivity index (χ0) is 11.9. The van der Waals surface area contributed by atoms with Gasteiger partial charge in [0.05, 0.1) is 12.7 Å². The highest BCUT2D eigenvalue weighted by atomic mass is 28.2. The summed E-state index contributed by atoms with van der Waals surface area (Å²) >= 11 is 0. The lowest BCUT2D eigenvalue weighted by Gasteiger charge is -2.02. The van der Waals surface area contributed by atoms with E-state index in [2.05, 4.69) is 12.2 Å². The molecule has 16 heavy (non-hydrogen) atoms. The van der Waals surface area contributed by atoms with E-state index in [0.29, 0.717) is 0 Å². The largest absolute Gasteiger partial charge is 0.458 e. The van der Waals surface area contributed by atoms with Crippen LogP contribution in [0.4, 0.5) is 0 Å². The summed E-state index contributed by atoms with van der Waals surface area (Å²) in [5, 5.41) is 3.32. The monoisotopic (exact) mass is 245 g/mol. The molecule has 0 aromatic heterocycles. The molecule has 0 saturated heterocycles. The summed E-state index contributed by atoms with van der Waals surface area (Å²) in [6.07, 6.45) is 8.17. The second kappa shape index (κ2) is 15.1. The molecule has 0 saturated carbocycles. The Labute approximate surface area is 103 Å². The molecule has 0 rings (SSSR count). The van der Waals surface area contributed by atoms with Crippen LogP contribution in [0.3, 0.4) is 0 Å². The summed E-state index contributed by atoms with van der Waals surface area (Å²) in [6, 6.07) is 1.31. The minimum atomic E-state index is 0.279. The van der Waals surface area contributed by atoms with Crippen molar-refractivity contribution in [2.24, 2.45) is 5.73 Å². The lowest BCUT2D eigenvalue weighted by Crippen LogP contribution is -2.23. The highest BCUT2D eigenvalue weighted by molar-refractivity contribution is 6.26. The van der Waals surface area contributed by atoms with E-state index in [0.717, 1.165) is 26.2 Å². The van der Waals surface area contributed by atoms with Gasteiger partial charge in [0, 0.05) is 13.1 Å². The quantitative estimate of drug-likeness (QED) is 0.383. The molecule has 0 aromatic carbocycles. The van der Waals surface area contributed by atoms with Crippen molar-refractivity contribution in [2.45, 2.75) is 51.5 Å². The minimum Gasteiger partial charge on any atom is -0.329 e. The Morgan fingerprint density at radius 3 is 2.38 bits per heavy atom. The van der Waals surface area contributed by atoms with E-state index in [1.54, 1.807) is 0 Å². The Morgan fingerprint density at radius 1 is 1.00 bits per heavy atom. The Morgan fingerprint density at radius 2 is 1.69 bits per heavy atom. The predicted octanol–water partition coefficient (Wildman–Crippen LogP) is 1.68. The van der Waals surface area contributed by atoms with Crippen molar-refractivity contribution in [2.75, 3.05) is 26.2 Å². The maximum Gasteiger partial charge on any atom is 0.458 e. The van der Waals surface area contributed by atoms with E-state index in [1.807, 2.05) is 0 Å². The smallest absolute Gasteiger partial charge is 0.329 e. The number of unbranched alkanes of at least 4 members (excludes halogenated alkanes) is 5. The molecule has 0 bridgehead atoms. The van der Waals surface area contributed by atoms with E-state index in [-0.39, 0.29) is 9.76 Å². The van der Waals surface area contributed by atoms with Crippen molar-refractivity contribution in [3.8, 4) is 0 Å². The third kappa shape index (κ3) is 14.1. The molecule has 0 radical (unpaired) electrons. The van der Waals surface area contributed by atoms with Crippen LogP contribution in [0.2, 0.25) is 6.04 Å². The van der Waals surface area contributed by atoms with Gasteiger partial charge in [-0.05, 0) is 26.3 Å². The van der Waals surface area contributed by atoms with Crippen molar-refractivity contribution < 1.29 is 4.43 Å². The first-order valence-corrected chi connectivity index (χ1v) is 8.04. The van der Waals surface area contributed by atoms with E-state index in [1.165, 1.54) is 44.6 Å². The van der Waals surface area contributed by atoms with Gasteiger partial charge in [-0.2, -0.15) is 0 Å². The van der Waals surface area contributed by atoms with Gasteiger partial charge in [-0.1, -0.05) is 25.7 Å². The van der Waals surface area contributed by atoms with Crippen LogP contribution in [-0.4, -0.2) is 36.0 Å². The molecule has 0 atom stereocenters. The summed E-state index contributed by atoms with van der Waals surface area (Å²) in [7, 11) is 0.279. The average Bonchev–Trinajstić information content (AvgIpc) is 2.31. The van der Waals surface area contributed by atoms with Crippen LogP contribution in [-0.2, 0) is 4.43 Å². The van der Waals surface area contributed by atoms with Crippen LogP contribution in [0, 0.1) is 0 Å². The highest BCUT2D eigenvalue weighted by Crippen LogP contribution is 2.06. The summed E-state index contributed by atoms with van der Waals surface area (Å²) < 4.78 is 5.38. The van der Waals surface area contributed by atoms with Gasteiger partial charge in [-0.15, -0.1) is 0 Å². The first-order chi connectivity index (χ1) is 7.91. The van der Waals surface area contributed by atoms with Crippen molar-refractivity contribution in [3.63, 3.8) is 0 Å². The van der Waals surface area contributed by atoms with Gasteiger partial charge >= 0.3 is 9.76 Å². The standard InChI is InChI=1S/C12H29N2OSi/c1-2-15-16-12-8-6-4-3-5-7-10-14-11-9-13/h14,16H,2-13H2,1H3/q+1. The van der Waals surface area contributed by atoms with Crippen LogP contribution in [0.15, 0.2) is 0 Å². The topological polar surface area (TPSA) is 47.3 Å². The third-order valence-corrected chi connectivity index (χ3v) is 3.74. The minimum absolute atomic E-state index is 0.279. The summed E-state index contributed by atoms with van der Waals surface area (Å²) in [5.74, 6) is 0. The average molecular weight is 245 g/mol. The van der Waals surface area contributed by atoms with E-state index >= 15 is 0 Å². The third-order valence-electron chi connectivity index (χ3n) is 2.53. The second-order valence-electron chi connectivity index (χ2n) is 4.07. The SMILES string of the molecule is CCO[SiH+]CCCCCCCCNCCN. The Bertz CT molecular complexity index is 112. The fourth-order valence-electron chi connectivity index (χ4n) is 1.61. The molecule has 0 aliphatic carbocycles. The van der Waals surface area contributed by atoms with E-state index in [9.17, 15) is 0 Å². The van der Waals surface area contributed by atoms with Crippen LogP contribution in [0.5, 0.6) is 0 Å². The number of nitrogens with two attached hydrogens (primary N) is 1. The molecule has 0 aliphatic heterocycles. The lowest BCUT2D eigenvalue weighted by molar-refractivity contribution is 0.358. The Hall–Kier alpha value is 0.0969. The predicted molar refractivity (Wildman–Crippen MR) is 73.2 cm³/mol. The first kappa shape index (κ1) is 16.1. The molecule has 4 heteroatoms. The molecule has 3 nitrogen and oxygen atoms in total. The first-order valence-electron chi connectivity index (χ1n) is 6.76. The zero-order valence-electron chi connectivity index (χ0n) is 10.8. The maximum atomic E-state index is 5.39. The molecule has 0 unspecified atom stereocenters. The van der Waals surface area contributed by atoms with Crippen molar-refractivity contribution in [1.82, 2.24) is 5.32 Å². The fraction of sp³-hybridized carbons (Fsp3) is 1.00. The molecule has 0 aromatic rings. The Balaban J connectivity index is 2.83. The summed E-state index contributed by atoms with van der Waals surface area (Å²) in [5.41, 5.74) is 5.39. The Kier molecular flexibility index (Phi) is 15.2. The van der Waals surface area contributed by atoms with Crippen molar-refractivity contribution in [3.05, 3.63) is 0 Å². The number of hydrogen-bond acceptors (Lipinski definition) is 3. The molecule has 0 fully saturated rings. The van der Waals surface area contributed by atoms with Gasteiger partial charge in [0.15, 0.2) is 0 Å². The molecule has 0 heterocycles. The van der Waals surface area contributed by atoms with Gasteiger partial charge in [0.1, 0.15) is 0 Å². The molecular weight excluding hydrogens is 216 g/mol. The van der Waals surface area contributed by atoms with Gasteiger partial charge < -0.3 is 11.1 Å². The van der Waals surface area contributed by atoms with Crippen LogP contribution >= 0.6 is 0 Å². The van der Waals surface area contributed by atoms with Crippen molar-refractivity contribution in [1.29, 1.82) is 0 Å². The number of rotatable bonds is 13. The molecule has 0 amide bonds. The molecule has 0 spiro atoms. The zero-order valence-corrected chi connectivity index (χ0v) is 12.0. The van der Waals surface area contributed by atoms with Crippen LogP contribution in [0.1, 0.15) is 45.4 Å². The normalized spacial score (nSPS) is 10.6. The second-order valence-corrected chi connectivity index (χ2v) is 5.31. The van der Waals surface area contributed by atoms with Crippen molar-refractivity contribution >= 4 is 9.76 Å². The fourth-order valence-corrected chi connectivity index (χ4v) is 2.47. The summed E-state index contributed by atoms with van der Waals surface area (Å²) in [6.45, 7) is 5.81. The number of hydrogen-bond donors (Lipinski definition) is 2. The maximum absolute atomic E-state index is 5.39. The highest BCUT2D eigenvalue weighted by Gasteiger charge is 2.01. The lowest BCUT2D eigenvalue weighted by atomic mass is 10.1. The van der Waals surface area contributed by atoms with Crippen LogP contribution in [0.25, 0.3) is 0 Å². The number of nitrogens with one attached hydrogen (secondary N) is 1. The van der Waals surface area contributed by atoms with Gasteiger partial charge in [0.2, 0.25) is 0 Å². The molecule has 96 valence electrons. The molecule has 0 aliphatic rings. The van der Waals surface area contributed by atoms with Gasteiger partial charge in [-0.25, -0.2) is 4.43 Å². The summed E-state index contributed by atoms with van der Waals surface area (Å²) in [4.78, 5) is 0. The van der Waals surface area contributed by atoms with Crippen LogP contribution < -0.4 is 11.1 Å². The molecular formula is C12H29N2OSi+. The van der Waals surface area contributed by atoms with E-state index < -0.39 is 0 Å². The van der Waals surface area contributed by atoms with Gasteiger partial charge in [0.25, 0.3) is 0 Å². The van der Waals surface area contributed by atoms with E-state index in [4.69, 9.17) is 10.2 Å².